The van der Waals surface area contributed by atoms with Crippen molar-refractivity contribution >= 4 is 17.4 Å². The van der Waals surface area contributed by atoms with E-state index in [4.69, 9.17) is 5.73 Å². The first-order valence-corrected chi connectivity index (χ1v) is 6.42. The Morgan fingerprint density at radius 2 is 2.05 bits per heavy atom. The summed E-state index contributed by atoms with van der Waals surface area (Å²) in [5, 5.41) is 2.81. The van der Waals surface area contributed by atoms with Crippen molar-refractivity contribution in [1.29, 1.82) is 0 Å². The van der Waals surface area contributed by atoms with Crippen molar-refractivity contribution in [2.75, 3.05) is 24.6 Å². The maximum Gasteiger partial charge on any atom is 0.321 e. The van der Waals surface area contributed by atoms with Crippen LogP contribution >= 0.6 is 0 Å². The van der Waals surface area contributed by atoms with E-state index in [9.17, 15) is 4.79 Å². The smallest absolute Gasteiger partial charge is 0.321 e. The van der Waals surface area contributed by atoms with Crippen LogP contribution in [0.2, 0.25) is 0 Å². The Balaban J connectivity index is 1.86. The lowest BCUT2D eigenvalue weighted by atomic mass is 10.2. The van der Waals surface area contributed by atoms with Gasteiger partial charge in [0.1, 0.15) is 0 Å². The van der Waals surface area contributed by atoms with Crippen molar-refractivity contribution in [2.24, 2.45) is 0 Å². The van der Waals surface area contributed by atoms with Gasteiger partial charge in [-0.2, -0.15) is 0 Å². The van der Waals surface area contributed by atoms with Crippen molar-refractivity contribution in [3.05, 3.63) is 54.4 Å². The molecule has 0 aliphatic carbocycles. The van der Waals surface area contributed by atoms with Crippen LogP contribution < -0.4 is 11.1 Å². The Kier molecular flexibility index (Phi) is 4.55. The van der Waals surface area contributed by atoms with Gasteiger partial charge in [0.2, 0.25) is 0 Å². The third kappa shape index (κ3) is 3.98. The van der Waals surface area contributed by atoms with Crippen LogP contribution in [0.3, 0.4) is 0 Å². The first-order chi connectivity index (χ1) is 9.65. The molecule has 0 spiro atoms. The summed E-state index contributed by atoms with van der Waals surface area (Å²) in [5.41, 5.74) is 8.16. The number of hydrogen-bond donors (Lipinski definition) is 2. The molecule has 0 aliphatic heterocycles. The minimum absolute atomic E-state index is 0.148. The Bertz CT molecular complexity index is 571. The molecule has 0 bridgehead atoms. The lowest BCUT2D eigenvalue weighted by Gasteiger charge is -2.18. The van der Waals surface area contributed by atoms with Crippen molar-refractivity contribution < 1.29 is 4.79 Å². The van der Waals surface area contributed by atoms with Gasteiger partial charge >= 0.3 is 6.03 Å². The normalized spacial score (nSPS) is 10.1. The molecule has 1 heterocycles. The van der Waals surface area contributed by atoms with Gasteiger partial charge in [0.15, 0.2) is 0 Å². The number of hydrogen-bond acceptors (Lipinski definition) is 3. The lowest BCUT2D eigenvalue weighted by Crippen LogP contribution is -2.33. The minimum atomic E-state index is -0.148. The quantitative estimate of drug-likeness (QED) is 0.838. The topological polar surface area (TPSA) is 71.2 Å². The zero-order valence-electron chi connectivity index (χ0n) is 11.4. The number of nitrogens with zero attached hydrogens (tertiary/aromatic N) is 2. The molecular weight excluding hydrogens is 252 g/mol. The fourth-order valence-corrected chi connectivity index (χ4v) is 1.78. The van der Waals surface area contributed by atoms with E-state index in [0.717, 1.165) is 12.0 Å². The number of nitrogens with two attached hydrogens (primary N) is 1. The van der Waals surface area contributed by atoms with Gasteiger partial charge in [0, 0.05) is 37.4 Å². The highest BCUT2D eigenvalue weighted by atomic mass is 16.2. The van der Waals surface area contributed by atoms with E-state index < -0.39 is 0 Å². The van der Waals surface area contributed by atoms with Gasteiger partial charge in [0.25, 0.3) is 0 Å². The molecule has 0 saturated carbocycles. The molecule has 2 aromatic rings. The first-order valence-electron chi connectivity index (χ1n) is 6.42. The van der Waals surface area contributed by atoms with Gasteiger partial charge < -0.3 is 16.0 Å². The highest BCUT2D eigenvalue weighted by molar-refractivity contribution is 5.89. The summed E-state index contributed by atoms with van der Waals surface area (Å²) in [6.07, 6.45) is 4.30. The highest BCUT2D eigenvalue weighted by Crippen LogP contribution is 2.12. The van der Waals surface area contributed by atoms with Gasteiger partial charge in [0.05, 0.1) is 0 Å². The van der Waals surface area contributed by atoms with Crippen molar-refractivity contribution in [3.8, 4) is 0 Å². The predicted octanol–water partition coefficient (Wildman–Crippen LogP) is 2.37. The number of carbonyl (C=O) groups is 1. The number of amides is 2. The lowest BCUT2D eigenvalue weighted by molar-refractivity contribution is 0.223. The zero-order chi connectivity index (χ0) is 14.4. The Morgan fingerprint density at radius 3 is 2.75 bits per heavy atom. The average Bonchev–Trinajstić information content (AvgIpc) is 2.46. The maximum atomic E-state index is 12.0. The molecule has 3 N–H and O–H groups in total. The molecule has 2 amide bonds. The van der Waals surface area contributed by atoms with Crippen LogP contribution in [0.4, 0.5) is 16.2 Å². The van der Waals surface area contributed by atoms with E-state index in [0.29, 0.717) is 17.9 Å². The van der Waals surface area contributed by atoms with Crippen molar-refractivity contribution in [3.63, 3.8) is 0 Å². The summed E-state index contributed by atoms with van der Waals surface area (Å²) < 4.78 is 0. The number of aromatic nitrogens is 1. The molecule has 2 rings (SSSR count). The summed E-state index contributed by atoms with van der Waals surface area (Å²) in [5.74, 6) is 0. The van der Waals surface area contributed by atoms with Gasteiger partial charge in [-0.1, -0.05) is 6.07 Å². The molecule has 5 heteroatoms. The monoisotopic (exact) mass is 270 g/mol. The number of pyridine rings is 1. The second kappa shape index (κ2) is 6.56. The summed E-state index contributed by atoms with van der Waals surface area (Å²) in [4.78, 5) is 17.6. The molecule has 20 heavy (non-hydrogen) atoms. The average molecular weight is 270 g/mol. The molecule has 1 aromatic heterocycles. The SMILES string of the molecule is CN(CCc1ccncc1)C(=O)Nc1cccc(N)c1. The summed E-state index contributed by atoms with van der Waals surface area (Å²) >= 11 is 0. The van der Waals surface area contributed by atoms with Crippen LogP contribution in [-0.4, -0.2) is 29.5 Å². The molecule has 0 aliphatic rings. The number of benzene rings is 1. The first kappa shape index (κ1) is 13.9. The van der Waals surface area contributed by atoms with Crippen LogP contribution in [0.15, 0.2) is 48.8 Å². The van der Waals surface area contributed by atoms with Gasteiger partial charge in [-0.15, -0.1) is 0 Å². The number of nitrogens with one attached hydrogen (secondary N) is 1. The largest absolute Gasteiger partial charge is 0.399 e. The Hall–Kier alpha value is -2.56. The summed E-state index contributed by atoms with van der Waals surface area (Å²) in [6.45, 7) is 0.637. The fraction of sp³-hybridized carbons (Fsp3) is 0.200. The molecule has 0 fully saturated rings. The van der Waals surface area contributed by atoms with Gasteiger partial charge in [-0.05, 0) is 42.3 Å². The molecular formula is C15H18N4O. The maximum absolute atomic E-state index is 12.0. The molecule has 1 aromatic carbocycles. The third-order valence-corrected chi connectivity index (χ3v) is 2.97. The Labute approximate surface area is 118 Å². The fourth-order valence-electron chi connectivity index (χ4n) is 1.78. The van der Waals surface area contributed by atoms with Crippen molar-refractivity contribution in [2.45, 2.75) is 6.42 Å². The number of nitrogen functional groups attached to an aromatic ring is 1. The van der Waals surface area contributed by atoms with E-state index in [-0.39, 0.29) is 6.03 Å². The van der Waals surface area contributed by atoms with E-state index >= 15 is 0 Å². The predicted molar refractivity (Wildman–Crippen MR) is 80.4 cm³/mol. The van der Waals surface area contributed by atoms with Crippen LogP contribution in [0.5, 0.6) is 0 Å². The third-order valence-electron chi connectivity index (χ3n) is 2.97. The number of likely N-dealkylation sites (N-methyl/N-ethyl adjacent to an activating group) is 1. The Morgan fingerprint density at radius 1 is 1.30 bits per heavy atom. The van der Waals surface area contributed by atoms with Crippen molar-refractivity contribution in [1.82, 2.24) is 9.88 Å². The number of anilines is 2. The molecule has 0 saturated heterocycles. The summed E-state index contributed by atoms with van der Waals surface area (Å²) in [6, 6.07) is 10.9. The second-order valence-electron chi connectivity index (χ2n) is 4.58. The van der Waals surface area contributed by atoms with E-state index in [1.54, 1.807) is 36.5 Å². The minimum Gasteiger partial charge on any atom is -0.399 e. The molecule has 0 radical (unpaired) electrons. The number of urea groups is 1. The standard InChI is InChI=1S/C15H18N4O/c1-19(10-7-12-5-8-17-9-6-12)15(20)18-14-4-2-3-13(16)11-14/h2-6,8-9,11H,7,10,16H2,1H3,(H,18,20). The van der Waals surface area contributed by atoms with Crippen LogP contribution in [-0.2, 0) is 6.42 Å². The van der Waals surface area contributed by atoms with Crippen LogP contribution in [0.1, 0.15) is 5.56 Å². The molecule has 0 atom stereocenters. The van der Waals surface area contributed by atoms with Gasteiger partial charge in [-0.3, -0.25) is 4.98 Å². The highest BCUT2D eigenvalue weighted by Gasteiger charge is 2.08. The van der Waals surface area contributed by atoms with E-state index in [2.05, 4.69) is 10.3 Å². The van der Waals surface area contributed by atoms with Crippen LogP contribution in [0, 0.1) is 0 Å². The van der Waals surface area contributed by atoms with Crippen LogP contribution in [0.25, 0.3) is 0 Å². The number of carbonyl (C=O) groups excluding carboxylic acids is 1. The van der Waals surface area contributed by atoms with E-state index in [1.165, 1.54) is 0 Å². The zero-order valence-corrected chi connectivity index (χ0v) is 11.4. The molecule has 104 valence electrons. The van der Waals surface area contributed by atoms with Gasteiger partial charge in [-0.25, -0.2) is 4.79 Å². The molecule has 0 unspecified atom stereocenters. The molecule has 5 nitrogen and oxygen atoms in total. The van der Waals surface area contributed by atoms with E-state index in [1.807, 2.05) is 24.3 Å². The number of rotatable bonds is 4. The summed E-state index contributed by atoms with van der Waals surface area (Å²) in [7, 11) is 1.77. The second-order valence-corrected chi connectivity index (χ2v) is 4.58.